The van der Waals surface area contributed by atoms with Gasteiger partial charge in [-0.3, -0.25) is 9.59 Å². The zero-order valence-corrected chi connectivity index (χ0v) is 18.9. The van der Waals surface area contributed by atoms with Crippen molar-refractivity contribution in [3.8, 4) is 11.1 Å². The molecule has 7 heteroatoms. The Hall–Kier alpha value is -3.35. The number of nitrogens with one attached hydrogen (secondary N) is 1. The number of carbonyl (C=O) groups excluding carboxylic acids is 2. The van der Waals surface area contributed by atoms with Gasteiger partial charge in [-0.2, -0.15) is 0 Å². The van der Waals surface area contributed by atoms with E-state index in [9.17, 15) is 14.4 Å². The first-order valence-electron chi connectivity index (χ1n) is 10.7. The Balaban J connectivity index is 1.57. The lowest BCUT2D eigenvalue weighted by Crippen LogP contribution is -2.48. The Kier molecular flexibility index (Phi) is 6.87. The molecule has 2 aromatic rings. The molecule has 0 aliphatic heterocycles. The number of alkyl carbamates (subject to hydrolysis) is 1. The Labute approximate surface area is 188 Å². The molecule has 0 spiro atoms. The number of hydrogen-bond donors (Lipinski definition) is 2. The number of hydrogen-bond acceptors (Lipinski definition) is 4. The van der Waals surface area contributed by atoms with Crippen molar-refractivity contribution in [3.63, 3.8) is 0 Å². The minimum atomic E-state index is -0.966. The normalized spacial score (nSPS) is 13.6. The van der Waals surface area contributed by atoms with Crippen LogP contribution in [0, 0.1) is 5.41 Å². The highest BCUT2D eigenvalue weighted by molar-refractivity contribution is 5.83. The van der Waals surface area contributed by atoms with Crippen LogP contribution in [0.3, 0.4) is 0 Å². The number of carbonyl (C=O) groups is 3. The Morgan fingerprint density at radius 2 is 1.59 bits per heavy atom. The van der Waals surface area contributed by atoms with Gasteiger partial charge in [-0.15, -0.1) is 0 Å². The van der Waals surface area contributed by atoms with Gasteiger partial charge < -0.3 is 20.1 Å². The van der Waals surface area contributed by atoms with Crippen LogP contribution in [0.5, 0.6) is 0 Å². The van der Waals surface area contributed by atoms with Crippen LogP contribution >= 0.6 is 0 Å². The predicted molar refractivity (Wildman–Crippen MR) is 121 cm³/mol. The molecule has 0 saturated carbocycles. The number of amides is 2. The second kappa shape index (κ2) is 9.42. The minimum Gasteiger partial charge on any atom is -0.481 e. The van der Waals surface area contributed by atoms with Gasteiger partial charge in [-0.25, -0.2) is 4.79 Å². The molecule has 0 radical (unpaired) electrons. The fourth-order valence-corrected chi connectivity index (χ4v) is 4.09. The summed E-state index contributed by atoms with van der Waals surface area (Å²) >= 11 is 0. The molecule has 0 saturated heterocycles. The van der Waals surface area contributed by atoms with Crippen molar-refractivity contribution in [2.45, 2.75) is 39.2 Å². The molecule has 1 aliphatic rings. The SMILES string of the molecule is C[C@H](CC(=O)O)N(C)C(=O)C(C)(C)CNC(=O)OCC1c2ccccc2-c2ccccc21. The third-order valence-corrected chi connectivity index (χ3v) is 6.05. The maximum absolute atomic E-state index is 12.8. The standard InChI is InChI=1S/C25H30N2O5/c1-16(13-22(28)29)27(4)23(30)25(2,3)15-26-24(31)32-14-21-19-11-7-5-9-17(19)18-10-6-8-12-20(18)21/h5-12,16,21H,13-15H2,1-4H3,(H,26,31)(H,28,29)/t16-/m1/s1. The van der Waals surface area contributed by atoms with Crippen LogP contribution in [0.2, 0.25) is 0 Å². The molecule has 7 nitrogen and oxygen atoms in total. The summed E-state index contributed by atoms with van der Waals surface area (Å²) in [5.41, 5.74) is 3.66. The number of aliphatic carboxylic acids is 1. The number of carboxylic acids is 1. The van der Waals surface area contributed by atoms with Crippen LogP contribution in [-0.2, 0) is 14.3 Å². The van der Waals surface area contributed by atoms with Crippen LogP contribution < -0.4 is 5.32 Å². The van der Waals surface area contributed by atoms with Gasteiger partial charge in [-0.1, -0.05) is 48.5 Å². The van der Waals surface area contributed by atoms with E-state index in [-0.39, 0.29) is 31.4 Å². The lowest BCUT2D eigenvalue weighted by Gasteiger charge is -2.32. The monoisotopic (exact) mass is 438 g/mol. The minimum absolute atomic E-state index is 0.0363. The molecule has 1 aliphatic carbocycles. The topological polar surface area (TPSA) is 95.9 Å². The molecule has 2 aromatic carbocycles. The molecule has 1 atom stereocenters. The smallest absolute Gasteiger partial charge is 0.407 e. The number of benzene rings is 2. The first-order valence-corrected chi connectivity index (χ1v) is 10.7. The number of fused-ring (bicyclic) bond motifs is 3. The van der Waals surface area contributed by atoms with Crippen molar-refractivity contribution in [3.05, 3.63) is 59.7 Å². The first-order chi connectivity index (χ1) is 15.1. The van der Waals surface area contributed by atoms with Crippen molar-refractivity contribution in [2.75, 3.05) is 20.2 Å². The van der Waals surface area contributed by atoms with E-state index in [0.29, 0.717) is 0 Å². The second-order valence-electron chi connectivity index (χ2n) is 8.93. The van der Waals surface area contributed by atoms with E-state index in [1.165, 1.54) is 4.90 Å². The van der Waals surface area contributed by atoms with Crippen LogP contribution in [0.4, 0.5) is 4.79 Å². The van der Waals surface area contributed by atoms with Gasteiger partial charge in [0.2, 0.25) is 5.91 Å². The van der Waals surface area contributed by atoms with Gasteiger partial charge in [0.25, 0.3) is 0 Å². The van der Waals surface area contributed by atoms with Crippen LogP contribution in [-0.4, -0.2) is 54.2 Å². The number of carboxylic acid groups (broad SMARTS) is 1. The van der Waals surface area contributed by atoms with Gasteiger partial charge in [0.05, 0.1) is 11.8 Å². The average molecular weight is 439 g/mol. The average Bonchev–Trinajstić information content (AvgIpc) is 3.08. The molecular weight excluding hydrogens is 408 g/mol. The van der Waals surface area contributed by atoms with Crippen molar-refractivity contribution < 1.29 is 24.2 Å². The third kappa shape index (κ3) is 4.93. The summed E-state index contributed by atoms with van der Waals surface area (Å²) in [4.78, 5) is 37.5. The Morgan fingerprint density at radius 3 is 2.12 bits per heavy atom. The van der Waals surface area contributed by atoms with Crippen molar-refractivity contribution in [2.24, 2.45) is 5.41 Å². The molecule has 0 aromatic heterocycles. The van der Waals surface area contributed by atoms with Gasteiger partial charge >= 0.3 is 12.1 Å². The molecule has 2 amide bonds. The molecule has 170 valence electrons. The van der Waals surface area contributed by atoms with Gasteiger partial charge in [0.1, 0.15) is 6.61 Å². The first kappa shape index (κ1) is 23.3. The molecule has 2 N–H and O–H groups in total. The van der Waals surface area contributed by atoms with Crippen molar-refractivity contribution in [1.82, 2.24) is 10.2 Å². The van der Waals surface area contributed by atoms with E-state index >= 15 is 0 Å². The Bertz CT molecular complexity index is 971. The summed E-state index contributed by atoms with van der Waals surface area (Å²) < 4.78 is 5.52. The Morgan fingerprint density at radius 1 is 1.06 bits per heavy atom. The summed E-state index contributed by atoms with van der Waals surface area (Å²) in [5.74, 6) is -1.25. The zero-order chi connectivity index (χ0) is 23.5. The van der Waals surface area contributed by atoms with Gasteiger partial charge in [0, 0.05) is 25.6 Å². The number of rotatable bonds is 8. The maximum atomic E-state index is 12.8. The second-order valence-corrected chi connectivity index (χ2v) is 8.93. The third-order valence-electron chi connectivity index (χ3n) is 6.05. The van der Waals surface area contributed by atoms with Crippen LogP contribution in [0.15, 0.2) is 48.5 Å². The highest BCUT2D eigenvalue weighted by Gasteiger charge is 2.34. The van der Waals surface area contributed by atoms with Crippen LogP contribution in [0.1, 0.15) is 44.2 Å². The van der Waals surface area contributed by atoms with Gasteiger partial charge in [0.15, 0.2) is 0 Å². The van der Waals surface area contributed by atoms with Crippen LogP contribution in [0.25, 0.3) is 11.1 Å². The van der Waals surface area contributed by atoms with E-state index in [1.807, 2.05) is 24.3 Å². The van der Waals surface area contributed by atoms with Crippen molar-refractivity contribution >= 4 is 18.0 Å². The van der Waals surface area contributed by atoms with E-state index < -0.39 is 23.5 Å². The predicted octanol–water partition coefficient (Wildman–Crippen LogP) is 3.87. The lowest BCUT2D eigenvalue weighted by atomic mass is 9.91. The van der Waals surface area contributed by atoms with E-state index in [0.717, 1.165) is 22.3 Å². The summed E-state index contributed by atoms with van der Waals surface area (Å²) in [6.45, 7) is 5.38. The largest absolute Gasteiger partial charge is 0.481 e. The quantitative estimate of drug-likeness (QED) is 0.652. The maximum Gasteiger partial charge on any atom is 0.407 e. The molecular formula is C25H30N2O5. The fourth-order valence-electron chi connectivity index (χ4n) is 4.09. The van der Waals surface area contributed by atoms with Crippen molar-refractivity contribution in [1.29, 1.82) is 0 Å². The summed E-state index contributed by atoms with van der Waals surface area (Å²) in [6.07, 6.45) is -0.730. The van der Waals surface area contributed by atoms with E-state index in [4.69, 9.17) is 9.84 Å². The van der Waals surface area contributed by atoms with E-state index in [2.05, 4.69) is 29.6 Å². The highest BCUT2D eigenvalue weighted by Crippen LogP contribution is 2.44. The van der Waals surface area contributed by atoms with E-state index in [1.54, 1.807) is 27.8 Å². The highest BCUT2D eigenvalue weighted by atomic mass is 16.5. The summed E-state index contributed by atoms with van der Waals surface area (Å²) in [7, 11) is 1.57. The zero-order valence-electron chi connectivity index (χ0n) is 18.9. The molecule has 0 unspecified atom stereocenters. The molecule has 3 rings (SSSR count). The molecule has 32 heavy (non-hydrogen) atoms. The molecule has 0 bridgehead atoms. The number of ether oxygens (including phenoxy) is 1. The molecule has 0 heterocycles. The molecule has 0 fully saturated rings. The summed E-state index contributed by atoms with van der Waals surface area (Å²) in [6, 6.07) is 15.8. The number of nitrogens with zero attached hydrogens (tertiary/aromatic N) is 1. The van der Waals surface area contributed by atoms with Gasteiger partial charge in [-0.05, 0) is 43.0 Å². The lowest BCUT2D eigenvalue weighted by molar-refractivity contribution is -0.143. The fraction of sp³-hybridized carbons (Fsp3) is 0.400. The summed E-state index contributed by atoms with van der Waals surface area (Å²) in [5, 5.41) is 11.6.